The summed E-state index contributed by atoms with van der Waals surface area (Å²) >= 11 is 0. The molecule has 0 aliphatic carbocycles. The Labute approximate surface area is 181 Å². The van der Waals surface area contributed by atoms with Crippen LogP contribution in [0.2, 0.25) is 0 Å². The van der Waals surface area contributed by atoms with Crippen molar-refractivity contribution in [3.05, 3.63) is 54.6 Å². The molecule has 0 bridgehead atoms. The van der Waals surface area contributed by atoms with Gasteiger partial charge in [-0.25, -0.2) is 9.78 Å². The van der Waals surface area contributed by atoms with Gasteiger partial charge < -0.3 is 23.7 Å². The zero-order valence-electron chi connectivity index (χ0n) is 18.0. The van der Waals surface area contributed by atoms with Crippen LogP contribution in [-0.4, -0.2) is 45.5 Å². The van der Waals surface area contributed by atoms with E-state index in [1.165, 1.54) is 0 Å². The van der Waals surface area contributed by atoms with Crippen LogP contribution in [0.25, 0.3) is 22.5 Å². The van der Waals surface area contributed by atoms with Crippen LogP contribution in [0.15, 0.2) is 54.6 Å². The summed E-state index contributed by atoms with van der Waals surface area (Å²) in [6, 6.07) is 16.8. The van der Waals surface area contributed by atoms with E-state index < -0.39 is 5.97 Å². The molecule has 31 heavy (non-hydrogen) atoms. The van der Waals surface area contributed by atoms with Gasteiger partial charge in [-0.2, -0.15) is 0 Å². The van der Waals surface area contributed by atoms with Crippen molar-refractivity contribution in [3.8, 4) is 45.5 Å². The second-order valence-corrected chi connectivity index (χ2v) is 6.43. The molecule has 0 saturated heterocycles. The second kappa shape index (κ2) is 10.3. The molecule has 0 fully saturated rings. The van der Waals surface area contributed by atoms with E-state index in [-0.39, 0.29) is 6.61 Å². The zero-order chi connectivity index (χ0) is 22.2. The Morgan fingerprint density at radius 2 is 1.61 bits per heavy atom. The first-order chi connectivity index (χ1) is 15.1. The zero-order valence-corrected chi connectivity index (χ0v) is 18.0. The highest BCUT2D eigenvalue weighted by Gasteiger charge is 2.13. The lowest BCUT2D eigenvalue weighted by Crippen LogP contribution is -2.14. The van der Waals surface area contributed by atoms with E-state index in [9.17, 15) is 4.79 Å². The Balaban J connectivity index is 1.93. The van der Waals surface area contributed by atoms with Crippen LogP contribution in [0.4, 0.5) is 0 Å². The summed E-state index contributed by atoms with van der Waals surface area (Å²) in [5.74, 6) is 1.87. The number of hydrogen-bond donors (Lipinski definition) is 0. The fourth-order valence-corrected chi connectivity index (χ4v) is 3.04. The van der Waals surface area contributed by atoms with Gasteiger partial charge in [-0.05, 0) is 49.4 Å². The molecule has 0 N–H and O–H groups in total. The molecule has 0 unspecified atom stereocenters. The van der Waals surface area contributed by atoms with Crippen molar-refractivity contribution in [1.82, 2.24) is 4.98 Å². The van der Waals surface area contributed by atoms with Gasteiger partial charge in [-0.1, -0.05) is 6.07 Å². The molecule has 2 aromatic carbocycles. The minimum absolute atomic E-state index is 0.204. The molecule has 3 rings (SSSR count). The van der Waals surface area contributed by atoms with Crippen LogP contribution in [0.3, 0.4) is 0 Å². The predicted octanol–water partition coefficient (Wildman–Crippen LogP) is 4.38. The molecule has 7 nitrogen and oxygen atoms in total. The lowest BCUT2D eigenvalue weighted by atomic mass is 10.1. The number of ether oxygens (including phenoxy) is 5. The number of carbonyl (C=O) groups is 1. The van der Waals surface area contributed by atoms with Crippen molar-refractivity contribution in [2.45, 2.75) is 6.92 Å². The van der Waals surface area contributed by atoms with E-state index in [1.54, 1.807) is 40.4 Å². The average molecular weight is 423 g/mol. The summed E-state index contributed by atoms with van der Waals surface area (Å²) < 4.78 is 26.7. The number of rotatable bonds is 9. The van der Waals surface area contributed by atoms with Crippen molar-refractivity contribution in [1.29, 1.82) is 0 Å². The van der Waals surface area contributed by atoms with Gasteiger partial charge in [-0.15, -0.1) is 0 Å². The van der Waals surface area contributed by atoms with Crippen LogP contribution in [0, 0.1) is 0 Å². The van der Waals surface area contributed by atoms with Crippen LogP contribution in [-0.2, 0) is 9.53 Å². The van der Waals surface area contributed by atoms with Crippen LogP contribution in [0.5, 0.6) is 23.0 Å². The van der Waals surface area contributed by atoms with Gasteiger partial charge in [0, 0.05) is 17.2 Å². The van der Waals surface area contributed by atoms with Gasteiger partial charge in [0.25, 0.3) is 0 Å². The number of carbonyl (C=O) groups excluding carboxylic acids is 1. The third kappa shape index (κ3) is 5.25. The Kier molecular flexibility index (Phi) is 7.32. The minimum Gasteiger partial charge on any atom is -0.497 e. The predicted molar refractivity (Wildman–Crippen MR) is 117 cm³/mol. The molecular weight excluding hydrogens is 398 g/mol. The maximum absolute atomic E-state index is 11.7. The monoisotopic (exact) mass is 423 g/mol. The third-order valence-corrected chi connectivity index (χ3v) is 4.54. The van der Waals surface area contributed by atoms with Gasteiger partial charge in [0.15, 0.2) is 18.1 Å². The highest BCUT2D eigenvalue weighted by Crippen LogP contribution is 2.35. The maximum Gasteiger partial charge on any atom is 0.344 e. The molecule has 0 amide bonds. The smallest absolute Gasteiger partial charge is 0.344 e. The molecular formula is C24H25NO6. The SMILES string of the molecule is CCOC(=O)COc1cc(-c2cccc(-c3ccc(OC)cc3OC)n2)ccc1OC. The summed E-state index contributed by atoms with van der Waals surface area (Å²) in [6.45, 7) is 1.84. The molecule has 0 aliphatic heterocycles. The Hall–Kier alpha value is -3.74. The van der Waals surface area contributed by atoms with Crippen LogP contribution < -0.4 is 18.9 Å². The summed E-state index contributed by atoms with van der Waals surface area (Å²) in [4.78, 5) is 16.4. The number of nitrogens with zero attached hydrogens (tertiary/aromatic N) is 1. The van der Waals surface area contributed by atoms with E-state index in [0.717, 1.165) is 22.5 Å². The van der Waals surface area contributed by atoms with Crippen LogP contribution in [0.1, 0.15) is 6.92 Å². The molecule has 7 heteroatoms. The minimum atomic E-state index is -0.443. The van der Waals surface area contributed by atoms with E-state index >= 15 is 0 Å². The molecule has 0 radical (unpaired) electrons. The van der Waals surface area contributed by atoms with Crippen molar-refractivity contribution < 1.29 is 28.5 Å². The topological polar surface area (TPSA) is 76.1 Å². The van der Waals surface area contributed by atoms with Crippen molar-refractivity contribution >= 4 is 5.97 Å². The fraction of sp³-hybridized carbons (Fsp3) is 0.250. The van der Waals surface area contributed by atoms with E-state index in [2.05, 4.69) is 0 Å². The highest BCUT2D eigenvalue weighted by atomic mass is 16.6. The lowest BCUT2D eigenvalue weighted by molar-refractivity contribution is -0.145. The van der Waals surface area contributed by atoms with E-state index in [1.807, 2.05) is 42.5 Å². The first-order valence-electron chi connectivity index (χ1n) is 9.75. The average Bonchev–Trinajstić information content (AvgIpc) is 2.82. The Morgan fingerprint density at radius 1 is 0.839 bits per heavy atom. The number of hydrogen-bond acceptors (Lipinski definition) is 7. The first-order valence-corrected chi connectivity index (χ1v) is 9.75. The standard InChI is InChI=1S/C24H25NO6/c1-5-30-24(26)15-31-23-13-16(9-12-21(23)28-3)19-7-6-8-20(25-19)18-11-10-17(27-2)14-22(18)29-4/h6-14H,5,15H2,1-4H3. The molecule has 0 atom stereocenters. The van der Waals surface area contributed by atoms with Gasteiger partial charge in [0.05, 0.1) is 39.3 Å². The molecule has 162 valence electrons. The van der Waals surface area contributed by atoms with Gasteiger partial charge in [-0.3, -0.25) is 0 Å². The van der Waals surface area contributed by atoms with Crippen molar-refractivity contribution in [2.24, 2.45) is 0 Å². The summed E-state index contributed by atoms with van der Waals surface area (Å²) in [5, 5.41) is 0. The molecule has 0 aliphatic rings. The number of esters is 1. The Morgan fingerprint density at radius 3 is 2.32 bits per heavy atom. The van der Waals surface area contributed by atoms with Gasteiger partial charge >= 0.3 is 5.97 Å². The number of pyridine rings is 1. The molecule has 0 saturated carbocycles. The van der Waals surface area contributed by atoms with E-state index in [0.29, 0.717) is 29.6 Å². The van der Waals surface area contributed by atoms with Gasteiger partial charge in [0.2, 0.25) is 0 Å². The normalized spacial score (nSPS) is 10.3. The fourth-order valence-electron chi connectivity index (χ4n) is 3.04. The summed E-state index contributed by atoms with van der Waals surface area (Å²) in [6.07, 6.45) is 0. The maximum atomic E-state index is 11.7. The van der Waals surface area contributed by atoms with Crippen molar-refractivity contribution in [2.75, 3.05) is 34.5 Å². The molecule has 3 aromatic rings. The molecule has 1 aromatic heterocycles. The molecule has 1 heterocycles. The lowest BCUT2D eigenvalue weighted by Gasteiger charge is -2.13. The quantitative estimate of drug-likeness (QED) is 0.473. The second-order valence-electron chi connectivity index (χ2n) is 6.43. The Bertz CT molecular complexity index is 1050. The van der Waals surface area contributed by atoms with Crippen molar-refractivity contribution in [3.63, 3.8) is 0 Å². The largest absolute Gasteiger partial charge is 0.497 e. The molecule has 0 spiro atoms. The van der Waals surface area contributed by atoms with E-state index in [4.69, 9.17) is 28.7 Å². The summed E-state index contributed by atoms with van der Waals surface area (Å²) in [5.41, 5.74) is 3.15. The summed E-state index contributed by atoms with van der Waals surface area (Å²) in [7, 11) is 4.76. The first kappa shape index (κ1) is 22.0. The van der Waals surface area contributed by atoms with Crippen LogP contribution >= 0.6 is 0 Å². The number of benzene rings is 2. The van der Waals surface area contributed by atoms with Gasteiger partial charge in [0.1, 0.15) is 11.5 Å². The third-order valence-electron chi connectivity index (χ3n) is 4.54. The highest BCUT2D eigenvalue weighted by molar-refractivity contribution is 5.73. The number of methoxy groups -OCH3 is 3. The number of aromatic nitrogens is 1.